The second-order valence-corrected chi connectivity index (χ2v) is 3.36. The first-order chi connectivity index (χ1) is 5.36. The van der Waals surface area contributed by atoms with E-state index in [9.17, 15) is 0 Å². The number of ether oxygens (including phenoxy) is 1. The van der Waals surface area contributed by atoms with Crippen molar-refractivity contribution < 1.29 is 4.74 Å². The highest BCUT2D eigenvalue weighted by atomic mass is 79.9. The summed E-state index contributed by atoms with van der Waals surface area (Å²) in [6.45, 7) is 0. The van der Waals surface area contributed by atoms with Gasteiger partial charge in [0.25, 0.3) is 0 Å². The molecule has 0 aromatic heterocycles. The lowest BCUT2D eigenvalue weighted by atomic mass is 10.1. The Hall–Kier alpha value is -0.760. The van der Waals surface area contributed by atoms with Crippen molar-refractivity contribution in [3.8, 4) is 5.75 Å². The molecule has 0 saturated heterocycles. The maximum absolute atomic E-state index is 5.29. The molecule has 11 heavy (non-hydrogen) atoms. The average Bonchev–Trinajstić information content (AvgIpc) is 2.04. The highest BCUT2D eigenvalue weighted by molar-refractivity contribution is 9.10. The van der Waals surface area contributed by atoms with Crippen molar-refractivity contribution >= 4 is 15.9 Å². The Balaban J connectivity index is 2.48. The highest BCUT2D eigenvalue weighted by Crippen LogP contribution is 2.26. The predicted molar refractivity (Wildman–Crippen MR) is 47.6 cm³/mol. The standard InChI is InChI=1S/C9H7BrO/c10-8-4-3-7-2-1-5-11-9(7)6-8/h1,3-6H,2H2. The van der Waals surface area contributed by atoms with E-state index in [-0.39, 0.29) is 0 Å². The quantitative estimate of drug-likeness (QED) is 0.641. The molecule has 1 aliphatic heterocycles. The molecule has 0 saturated carbocycles. The van der Waals surface area contributed by atoms with E-state index < -0.39 is 0 Å². The van der Waals surface area contributed by atoms with Gasteiger partial charge in [0, 0.05) is 4.47 Å². The third kappa shape index (κ3) is 1.31. The van der Waals surface area contributed by atoms with Crippen molar-refractivity contribution in [2.45, 2.75) is 6.42 Å². The monoisotopic (exact) mass is 210 g/mol. The van der Waals surface area contributed by atoms with Crippen LogP contribution in [0, 0.1) is 0 Å². The van der Waals surface area contributed by atoms with E-state index >= 15 is 0 Å². The molecule has 1 aliphatic rings. The molecular weight excluding hydrogens is 204 g/mol. The molecular formula is C9H7BrO. The molecule has 2 rings (SSSR count). The van der Waals surface area contributed by atoms with E-state index in [2.05, 4.69) is 22.0 Å². The highest BCUT2D eigenvalue weighted by Gasteiger charge is 2.05. The molecule has 0 amide bonds. The summed E-state index contributed by atoms with van der Waals surface area (Å²) in [5, 5.41) is 0. The largest absolute Gasteiger partial charge is 0.465 e. The summed E-state index contributed by atoms with van der Waals surface area (Å²) in [5.74, 6) is 0.960. The number of benzene rings is 1. The molecule has 0 N–H and O–H groups in total. The molecule has 1 aromatic rings. The first-order valence-corrected chi connectivity index (χ1v) is 4.25. The number of allylic oxidation sites excluding steroid dienone is 1. The first kappa shape index (κ1) is 6.92. The van der Waals surface area contributed by atoms with Crippen molar-refractivity contribution in [3.05, 3.63) is 40.6 Å². The smallest absolute Gasteiger partial charge is 0.131 e. The summed E-state index contributed by atoms with van der Waals surface area (Å²) in [7, 11) is 0. The molecule has 0 atom stereocenters. The maximum Gasteiger partial charge on any atom is 0.131 e. The SMILES string of the molecule is Brc1ccc2c(c1)OC=CC2. The molecule has 56 valence electrons. The molecule has 0 radical (unpaired) electrons. The molecule has 1 aromatic carbocycles. The summed E-state index contributed by atoms with van der Waals surface area (Å²) >= 11 is 3.39. The van der Waals surface area contributed by atoms with Gasteiger partial charge in [0.15, 0.2) is 0 Å². The van der Waals surface area contributed by atoms with Gasteiger partial charge in [-0.3, -0.25) is 0 Å². The minimum atomic E-state index is 0.960. The van der Waals surface area contributed by atoms with Crippen LogP contribution in [0.15, 0.2) is 35.0 Å². The molecule has 0 fully saturated rings. The predicted octanol–water partition coefficient (Wildman–Crippen LogP) is 2.90. The zero-order valence-electron chi connectivity index (χ0n) is 5.88. The second kappa shape index (κ2) is 2.70. The van der Waals surface area contributed by atoms with E-state index in [1.807, 2.05) is 18.2 Å². The van der Waals surface area contributed by atoms with Gasteiger partial charge < -0.3 is 4.74 Å². The van der Waals surface area contributed by atoms with E-state index in [0.717, 1.165) is 16.6 Å². The van der Waals surface area contributed by atoms with Crippen LogP contribution in [0.2, 0.25) is 0 Å². The molecule has 1 nitrogen and oxygen atoms in total. The summed E-state index contributed by atoms with van der Waals surface area (Å²) in [6.07, 6.45) is 4.72. The Morgan fingerprint density at radius 2 is 2.27 bits per heavy atom. The van der Waals surface area contributed by atoms with Gasteiger partial charge in [0.2, 0.25) is 0 Å². The van der Waals surface area contributed by atoms with Crippen LogP contribution in [0.3, 0.4) is 0 Å². The van der Waals surface area contributed by atoms with E-state index in [1.165, 1.54) is 5.56 Å². The van der Waals surface area contributed by atoms with Crippen LogP contribution < -0.4 is 4.74 Å². The fourth-order valence-electron chi connectivity index (χ4n) is 1.10. The molecule has 0 unspecified atom stereocenters. The van der Waals surface area contributed by atoms with Crippen LogP contribution in [0.5, 0.6) is 5.75 Å². The van der Waals surface area contributed by atoms with Gasteiger partial charge in [0.05, 0.1) is 6.26 Å². The van der Waals surface area contributed by atoms with Crippen molar-refractivity contribution in [2.24, 2.45) is 0 Å². The number of hydrogen-bond acceptors (Lipinski definition) is 1. The minimum absolute atomic E-state index is 0.960. The zero-order valence-corrected chi connectivity index (χ0v) is 7.47. The molecule has 2 heteroatoms. The fourth-order valence-corrected chi connectivity index (χ4v) is 1.44. The summed E-state index contributed by atoms with van der Waals surface area (Å²) < 4.78 is 6.36. The van der Waals surface area contributed by atoms with Gasteiger partial charge in [-0.1, -0.05) is 22.0 Å². The number of hydrogen-bond donors (Lipinski definition) is 0. The van der Waals surface area contributed by atoms with Crippen molar-refractivity contribution in [1.82, 2.24) is 0 Å². The van der Waals surface area contributed by atoms with Crippen LogP contribution in [-0.2, 0) is 6.42 Å². The van der Waals surface area contributed by atoms with Gasteiger partial charge in [-0.25, -0.2) is 0 Å². The lowest BCUT2D eigenvalue weighted by Gasteiger charge is -2.10. The molecule has 0 bridgehead atoms. The summed E-state index contributed by atoms with van der Waals surface area (Å²) in [5.41, 5.74) is 1.25. The molecule has 1 heterocycles. The second-order valence-electron chi connectivity index (χ2n) is 2.45. The Bertz CT molecular complexity index is 304. The van der Waals surface area contributed by atoms with Gasteiger partial charge >= 0.3 is 0 Å². The Morgan fingerprint density at radius 3 is 3.18 bits per heavy atom. The van der Waals surface area contributed by atoms with Gasteiger partial charge in [-0.2, -0.15) is 0 Å². The normalized spacial score (nSPS) is 13.9. The number of halogens is 1. The summed E-state index contributed by atoms with van der Waals surface area (Å²) in [6, 6.07) is 6.09. The van der Waals surface area contributed by atoms with Crippen LogP contribution in [0.4, 0.5) is 0 Å². The molecule has 0 spiro atoms. The van der Waals surface area contributed by atoms with Crippen LogP contribution in [0.25, 0.3) is 0 Å². The Morgan fingerprint density at radius 1 is 1.36 bits per heavy atom. The average molecular weight is 211 g/mol. The van der Waals surface area contributed by atoms with Crippen LogP contribution in [0.1, 0.15) is 5.56 Å². The van der Waals surface area contributed by atoms with Crippen LogP contribution >= 0.6 is 15.9 Å². The topological polar surface area (TPSA) is 9.23 Å². The third-order valence-corrected chi connectivity index (χ3v) is 2.15. The Labute approximate surface area is 73.8 Å². The summed E-state index contributed by atoms with van der Waals surface area (Å²) in [4.78, 5) is 0. The van der Waals surface area contributed by atoms with Crippen LogP contribution in [-0.4, -0.2) is 0 Å². The first-order valence-electron chi connectivity index (χ1n) is 3.46. The zero-order chi connectivity index (χ0) is 7.68. The van der Waals surface area contributed by atoms with E-state index in [0.29, 0.717) is 0 Å². The van der Waals surface area contributed by atoms with E-state index in [1.54, 1.807) is 6.26 Å². The lowest BCUT2D eigenvalue weighted by Crippen LogP contribution is -1.95. The number of fused-ring (bicyclic) bond motifs is 1. The third-order valence-electron chi connectivity index (χ3n) is 1.66. The maximum atomic E-state index is 5.29. The minimum Gasteiger partial charge on any atom is -0.465 e. The number of rotatable bonds is 0. The van der Waals surface area contributed by atoms with E-state index in [4.69, 9.17) is 4.74 Å². The van der Waals surface area contributed by atoms with Gasteiger partial charge in [0.1, 0.15) is 5.75 Å². The molecule has 0 aliphatic carbocycles. The van der Waals surface area contributed by atoms with Crippen molar-refractivity contribution in [3.63, 3.8) is 0 Å². The fraction of sp³-hybridized carbons (Fsp3) is 0.111. The lowest BCUT2D eigenvalue weighted by molar-refractivity contribution is 0.464. The van der Waals surface area contributed by atoms with Gasteiger partial charge in [-0.05, 0) is 30.2 Å². The van der Waals surface area contributed by atoms with Gasteiger partial charge in [-0.15, -0.1) is 0 Å². The van der Waals surface area contributed by atoms with Crippen molar-refractivity contribution in [2.75, 3.05) is 0 Å². The van der Waals surface area contributed by atoms with Crippen molar-refractivity contribution in [1.29, 1.82) is 0 Å². The Kier molecular flexibility index (Phi) is 1.70.